The Bertz CT molecular complexity index is 2540. The second-order valence-electron chi connectivity index (χ2n) is 30.0. The van der Waals surface area contributed by atoms with Gasteiger partial charge >= 0.3 is 5.97 Å². The second kappa shape index (κ2) is 51.5. The van der Waals surface area contributed by atoms with Crippen molar-refractivity contribution in [2.45, 2.75) is 398 Å². The first kappa shape index (κ1) is 96.2. The van der Waals surface area contributed by atoms with Gasteiger partial charge in [-0.1, -0.05) is 193 Å². The highest BCUT2D eigenvalue weighted by Gasteiger charge is 2.60. The number of rotatable bonds is 54. The number of aliphatic hydroxyl groups is 16. The Morgan fingerprint density at radius 1 is 0.486 bits per heavy atom. The molecule has 0 saturated carbocycles. The molecule has 10 unspecified atom stereocenters. The van der Waals surface area contributed by atoms with Gasteiger partial charge in [-0.2, -0.15) is 0 Å². The van der Waals surface area contributed by atoms with Gasteiger partial charge in [0.2, 0.25) is 17.7 Å². The monoisotopic (exact) mass is 1570 g/mol. The van der Waals surface area contributed by atoms with Crippen LogP contribution < -0.4 is 16.0 Å². The van der Waals surface area contributed by atoms with E-state index in [1.165, 1.54) is 122 Å². The summed E-state index contributed by atoms with van der Waals surface area (Å²) in [6.07, 6.45) is -12.4. The molecular weight excluding hydrogens is 1440 g/mol. The maximum atomic E-state index is 13.6. The Morgan fingerprint density at radius 2 is 0.927 bits per heavy atom. The molecule has 28 atom stereocenters. The lowest BCUT2D eigenvalue weighted by Crippen LogP contribution is -2.71. The van der Waals surface area contributed by atoms with Crippen LogP contribution in [0.3, 0.4) is 0 Å². The fourth-order valence-electron chi connectivity index (χ4n) is 14.6. The normalized spacial score (nSPS) is 34.2. The number of hydrogen-bond acceptors (Lipinski definition) is 30. The van der Waals surface area contributed by atoms with Crippen molar-refractivity contribution < 1.29 is 153 Å². The third kappa shape index (κ3) is 30.6. The maximum absolute atomic E-state index is 13.6. The molecule has 5 fully saturated rings. The summed E-state index contributed by atoms with van der Waals surface area (Å²) in [5.41, 5.74) is 0. The maximum Gasteiger partial charge on any atom is 0.364 e. The zero-order valence-corrected chi connectivity index (χ0v) is 64.2. The molecule has 5 aliphatic heterocycles. The molecule has 0 aliphatic carbocycles. The third-order valence-electron chi connectivity index (χ3n) is 21.1. The molecule has 0 aromatic rings. The number of aliphatic hydroxyl groups excluding tert-OH is 16. The first-order chi connectivity index (χ1) is 52.2. The standard InChI is InChI=1S/C75H135N3O31/c1-5-7-9-11-13-15-17-19-20-21-22-24-26-28-30-32-34-36-54(88)78-46(47(85)35-33-31-29-27-25-23-18-16-14-12-10-8-6-2)42-100-71-64(96)62(94)66(52(41-82)104-71)106-73-65(97)69(59(91)51(40-81)103-73)108-70-56(77-45(4)84)67(107-72-63(95)61(93)58(90)50(39-80)102-72)60(92)53(105-70)43-101-75(74(98)99)37-48(86)55(76-44(3)83)68(109-75)57(89)49(87)38-79/h33,35,46-53,55-73,79-82,85-87,89-97H,5-32,34,36-43H2,1-4H3,(H,76,83)(H,77,84)(H,78,88)(H,98,99)/b35-33+/t46-,47+,48?,49+,50?,51?,52?,53?,55+,56?,57+,58-,59-,60+,61-,62+,63?,64?,65?,66+,67+,68?,69-,70-,71+,72-,73-,75+/m0/s1. The summed E-state index contributed by atoms with van der Waals surface area (Å²) in [4.78, 5) is 52.2. The minimum absolute atomic E-state index is 0.158. The van der Waals surface area contributed by atoms with Crippen LogP contribution in [0.15, 0.2) is 12.2 Å². The quantitative estimate of drug-likeness (QED) is 0.0275. The average molecular weight is 1570 g/mol. The van der Waals surface area contributed by atoms with Crippen LogP contribution in [-0.4, -0.2) is 321 Å². The summed E-state index contributed by atoms with van der Waals surface area (Å²) >= 11 is 0. The Labute approximate surface area is 640 Å². The molecule has 5 saturated heterocycles. The lowest BCUT2D eigenvalue weighted by atomic mass is 9.88. The number of hydrogen-bond donors (Lipinski definition) is 20. The van der Waals surface area contributed by atoms with Gasteiger partial charge in [-0.3, -0.25) is 14.4 Å². The van der Waals surface area contributed by atoms with Crippen LogP contribution in [0.4, 0.5) is 0 Å². The molecule has 0 bridgehead atoms. The van der Waals surface area contributed by atoms with Gasteiger partial charge in [-0.05, 0) is 19.3 Å². The molecule has 5 rings (SSSR count). The first-order valence-corrected chi connectivity index (χ1v) is 40.1. The molecule has 0 aromatic heterocycles. The van der Waals surface area contributed by atoms with Crippen molar-refractivity contribution in [2.24, 2.45) is 0 Å². The lowest BCUT2D eigenvalue weighted by Gasteiger charge is -2.51. The summed E-state index contributed by atoms with van der Waals surface area (Å²) in [5, 5.41) is 196. The number of carbonyl (C=O) groups is 4. The first-order valence-electron chi connectivity index (χ1n) is 40.1. The van der Waals surface area contributed by atoms with Crippen LogP contribution in [0.5, 0.6) is 0 Å². The summed E-state index contributed by atoms with van der Waals surface area (Å²) < 4.78 is 59.3. The van der Waals surface area contributed by atoms with Crippen molar-refractivity contribution in [3.63, 3.8) is 0 Å². The molecule has 34 nitrogen and oxygen atoms in total. The number of nitrogens with one attached hydrogen (secondary N) is 3. The minimum atomic E-state index is -3.10. The summed E-state index contributed by atoms with van der Waals surface area (Å²) in [6.45, 7) is 0.544. The Hall–Kier alpha value is -3.42. The number of allylic oxidation sites excluding steroid dienone is 1. The molecular formula is C75H135N3O31. The van der Waals surface area contributed by atoms with E-state index in [0.717, 1.165) is 65.2 Å². The zero-order chi connectivity index (χ0) is 80.2. The molecule has 0 aromatic carbocycles. The summed E-state index contributed by atoms with van der Waals surface area (Å²) in [6, 6.07) is -4.69. The van der Waals surface area contributed by atoms with Crippen molar-refractivity contribution in [3.05, 3.63) is 12.2 Å². The second-order valence-corrected chi connectivity index (χ2v) is 30.0. The van der Waals surface area contributed by atoms with E-state index in [0.29, 0.717) is 12.8 Å². The van der Waals surface area contributed by atoms with Gasteiger partial charge in [0.15, 0.2) is 25.2 Å². The zero-order valence-electron chi connectivity index (χ0n) is 64.2. The van der Waals surface area contributed by atoms with Gasteiger partial charge < -0.3 is 150 Å². The van der Waals surface area contributed by atoms with E-state index in [-0.39, 0.29) is 12.3 Å². The van der Waals surface area contributed by atoms with Gasteiger partial charge in [0.1, 0.15) is 116 Å². The number of carboxylic acid groups (broad SMARTS) is 1. The van der Waals surface area contributed by atoms with Gasteiger partial charge in [-0.15, -0.1) is 0 Å². The average Bonchev–Trinajstić information content (AvgIpc) is 0.763. The van der Waals surface area contributed by atoms with Gasteiger partial charge in [0.25, 0.3) is 5.79 Å². The number of carbonyl (C=O) groups excluding carboxylic acids is 3. The molecule has 0 spiro atoms. The van der Waals surface area contributed by atoms with Crippen LogP contribution in [-0.2, 0) is 66.5 Å². The van der Waals surface area contributed by atoms with E-state index in [2.05, 4.69) is 29.8 Å². The fraction of sp³-hybridized carbons (Fsp3) is 0.920. The van der Waals surface area contributed by atoms with Crippen LogP contribution in [0.1, 0.15) is 227 Å². The lowest BCUT2D eigenvalue weighted by molar-refractivity contribution is -0.384. The van der Waals surface area contributed by atoms with Gasteiger partial charge in [-0.25, -0.2) is 4.79 Å². The fourth-order valence-corrected chi connectivity index (χ4v) is 14.6. The molecule has 0 radical (unpaired) electrons. The van der Waals surface area contributed by atoms with E-state index < -0.39 is 235 Å². The van der Waals surface area contributed by atoms with Crippen molar-refractivity contribution >= 4 is 23.7 Å². The number of aliphatic carboxylic acids is 1. The highest BCUT2D eigenvalue weighted by atomic mass is 16.8. The minimum Gasteiger partial charge on any atom is -0.477 e. The molecule has 5 heterocycles. The highest BCUT2D eigenvalue weighted by molar-refractivity contribution is 5.77. The number of unbranched alkanes of at least 4 members (excludes halogenated alkanes) is 27. The van der Waals surface area contributed by atoms with Gasteiger partial charge in [0, 0.05) is 26.7 Å². The molecule has 5 aliphatic rings. The topological polar surface area (TPSA) is 541 Å². The Morgan fingerprint density at radius 3 is 1.43 bits per heavy atom. The third-order valence-corrected chi connectivity index (χ3v) is 21.1. The molecule has 20 N–H and O–H groups in total. The largest absolute Gasteiger partial charge is 0.477 e. The van der Waals surface area contributed by atoms with E-state index >= 15 is 0 Å². The summed E-state index contributed by atoms with van der Waals surface area (Å²) in [5.74, 6) is -7.23. The number of ether oxygens (including phenoxy) is 10. The predicted octanol–water partition coefficient (Wildman–Crippen LogP) is -0.262. The van der Waals surface area contributed by atoms with Crippen LogP contribution in [0.25, 0.3) is 0 Å². The molecule has 34 heteroatoms. The van der Waals surface area contributed by atoms with E-state index in [1.54, 1.807) is 6.08 Å². The Kier molecular flexibility index (Phi) is 45.5. The molecule has 636 valence electrons. The van der Waals surface area contributed by atoms with Crippen molar-refractivity contribution in [2.75, 3.05) is 39.6 Å². The van der Waals surface area contributed by atoms with Gasteiger partial charge in [0.05, 0.1) is 63.9 Å². The summed E-state index contributed by atoms with van der Waals surface area (Å²) in [7, 11) is 0. The van der Waals surface area contributed by atoms with Crippen LogP contribution >= 0.6 is 0 Å². The van der Waals surface area contributed by atoms with Crippen molar-refractivity contribution in [1.82, 2.24) is 16.0 Å². The SMILES string of the molecule is CCCCCCCCCCCCC/C=C/[C@@H](O)[C@H](CO[C@@H]1OC(CO)[C@@H](O[C@@H]2OC(CO)[C@H](O)[C@H](O[C@@H]3OC(CO[C@]4(C(=O)O)CC(O)[C@@H](NC(C)=O)C([C@H](O)[C@H](O)CO)O4)[C@@H](O)[C@H](O[C@@H]4OC(CO)[C@H](O)[C@H](O)C4O)C3NC(C)=O)C2O)[C@H](O)C1O)NC(=O)CCCCCCCCCCCCCCCCCCC. The highest BCUT2D eigenvalue weighted by Crippen LogP contribution is 2.39. The van der Waals surface area contributed by atoms with Crippen molar-refractivity contribution in [3.8, 4) is 0 Å². The van der Waals surface area contributed by atoms with E-state index in [9.17, 15) is 106 Å². The van der Waals surface area contributed by atoms with Crippen LogP contribution in [0, 0.1) is 0 Å². The van der Waals surface area contributed by atoms with E-state index in [4.69, 9.17) is 47.4 Å². The Balaban J connectivity index is 1.31. The number of amides is 3. The smallest absolute Gasteiger partial charge is 0.364 e. The van der Waals surface area contributed by atoms with E-state index in [1.807, 2.05) is 6.08 Å². The molecule has 3 amide bonds. The predicted molar refractivity (Wildman–Crippen MR) is 388 cm³/mol. The molecule has 109 heavy (non-hydrogen) atoms. The van der Waals surface area contributed by atoms with Crippen molar-refractivity contribution in [1.29, 1.82) is 0 Å². The number of carboxylic acids is 1. The van der Waals surface area contributed by atoms with Crippen LogP contribution in [0.2, 0.25) is 0 Å².